The molecule has 1 saturated heterocycles. The molecule has 3 aromatic heterocycles. The van der Waals surface area contributed by atoms with Crippen molar-refractivity contribution in [3.63, 3.8) is 0 Å². The second kappa shape index (κ2) is 8.39. The summed E-state index contributed by atoms with van der Waals surface area (Å²) in [6.07, 6.45) is 8.55. The number of hydrogen-bond donors (Lipinski definition) is 1. The molecule has 8 nitrogen and oxygen atoms in total. The van der Waals surface area contributed by atoms with Crippen LogP contribution in [-0.4, -0.2) is 55.5 Å². The molecule has 5 rings (SSSR count). The minimum atomic E-state index is -0.219. The van der Waals surface area contributed by atoms with Gasteiger partial charge in [0.1, 0.15) is 6.10 Å². The molecule has 1 fully saturated rings. The number of rotatable bonds is 5. The highest BCUT2D eigenvalue weighted by atomic mass is 16.5. The zero-order valence-electron chi connectivity index (χ0n) is 17.0. The monoisotopic (exact) mass is 406 g/mol. The molecule has 1 aliphatic carbocycles. The maximum atomic E-state index is 12.9. The van der Waals surface area contributed by atoms with Crippen LogP contribution >= 0.6 is 0 Å². The molecule has 1 amide bonds. The lowest BCUT2D eigenvalue weighted by Crippen LogP contribution is -2.42. The first-order valence-corrected chi connectivity index (χ1v) is 10.7. The lowest BCUT2D eigenvalue weighted by atomic mass is 9.98. The van der Waals surface area contributed by atoms with E-state index in [1.54, 1.807) is 6.20 Å². The molecule has 1 aliphatic heterocycles. The highest BCUT2D eigenvalue weighted by molar-refractivity contribution is 5.76. The van der Waals surface area contributed by atoms with Crippen molar-refractivity contribution >= 4 is 5.91 Å². The number of carbonyl (C=O) groups excluding carboxylic acids is 1. The molecule has 30 heavy (non-hydrogen) atoms. The van der Waals surface area contributed by atoms with E-state index in [1.807, 2.05) is 40.0 Å². The van der Waals surface area contributed by atoms with Gasteiger partial charge in [0.15, 0.2) is 0 Å². The van der Waals surface area contributed by atoms with Crippen molar-refractivity contribution in [1.82, 2.24) is 29.9 Å². The van der Waals surface area contributed by atoms with Gasteiger partial charge in [-0.2, -0.15) is 10.2 Å². The number of aromatic amines is 1. The van der Waals surface area contributed by atoms with Crippen molar-refractivity contribution in [2.24, 2.45) is 0 Å². The summed E-state index contributed by atoms with van der Waals surface area (Å²) < 4.78 is 7.97. The maximum Gasteiger partial charge on any atom is 0.224 e. The minimum absolute atomic E-state index is 0.146. The third kappa shape index (κ3) is 3.87. The van der Waals surface area contributed by atoms with Crippen LogP contribution in [0, 0.1) is 0 Å². The SMILES string of the molecule is O=C(CCn1ncc2c1CCCC2)N1CCO[C@@H](c2cccc(-c3ccn[nH]3)n2)C1. The summed E-state index contributed by atoms with van der Waals surface area (Å²) in [6, 6.07) is 7.74. The average Bonchev–Trinajstić information content (AvgIpc) is 3.48. The summed E-state index contributed by atoms with van der Waals surface area (Å²) >= 11 is 0. The van der Waals surface area contributed by atoms with Crippen LogP contribution < -0.4 is 0 Å². The van der Waals surface area contributed by atoms with Crippen LogP contribution in [0.15, 0.2) is 36.7 Å². The number of carbonyl (C=O) groups is 1. The van der Waals surface area contributed by atoms with Crippen molar-refractivity contribution in [3.05, 3.63) is 53.6 Å². The molecule has 0 saturated carbocycles. The minimum Gasteiger partial charge on any atom is -0.368 e. The topological polar surface area (TPSA) is 88.9 Å². The Kier molecular flexibility index (Phi) is 5.31. The van der Waals surface area contributed by atoms with Crippen LogP contribution in [0.2, 0.25) is 0 Å². The Balaban J connectivity index is 1.23. The summed E-state index contributed by atoms with van der Waals surface area (Å²) in [5, 5.41) is 11.4. The smallest absolute Gasteiger partial charge is 0.224 e. The first-order valence-electron chi connectivity index (χ1n) is 10.7. The van der Waals surface area contributed by atoms with Gasteiger partial charge in [-0.3, -0.25) is 14.6 Å². The van der Waals surface area contributed by atoms with Gasteiger partial charge in [-0.05, 0) is 49.4 Å². The van der Waals surface area contributed by atoms with E-state index in [0.717, 1.165) is 29.9 Å². The third-order valence-corrected chi connectivity index (χ3v) is 5.98. The number of nitrogens with zero attached hydrogens (tertiary/aromatic N) is 5. The Morgan fingerprint density at radius 3 is 3.07 bits per heavy atom. The van der Waals surface area contributed by atoms with Crippen LogP contribution in [0.4, 0.5) is 0 Å². The number of fused-ring (bicyclic) bond motifs is 1. The highest BCUT2D eigenvalue weighted by Gasteiger charge is 2.27. The Morgan fingerprint density at radius 1 is 1.23 bits per heavy atom. The fourth-order valence-electron chi connectivity index (χ4n) is 4.34. The number of pyridine rings is 1. The van der Waals surface area contributed by atoms with Gasteiger partial charge in [-0.25, -0.2) is 4.98 Å². The summed E-state index contributed by atoms with van der Waals surface area (Å²) in [5.74, 6) is 0.146. The summed E-state index contributed by atoms with van der Waals surface area (Å²) in [6.45, 7) is 2.30. The van der Waals surface area contributed by atoms with Gasteiger partial charge in [0.05, 0.1) is 36.4 Å². The molecule has 2 aliphatic rings. The number of aromatic nitrogens is 5. The van der Waals surface area contributed by atoms with Crippen LogP contribution in [0.25, 0.3) is 11.4 Å². The Bertz CT molecular complexity index is 1010. The zero-order valence-corrected chi connectivity index (χ0v) is 17.0. The first-order chi connectivity index (χ1) is 14.8. The van der Waals surface area contributed by atoms with Crippen LogP contribution in [0.1, 0.15) is 42.3 Å². The number of aryl methyl sites for hydroxylation is 2. The van der Waals surface area contributed by atoms with Gasteiger partial charge >= 0.3 is 0 Å². The quantitative estimate of drug-likeness (QED) is 0.703. The second-order valence-electron chi connectivity index (χ2n) is 7.91. The van der Waals surface area contributed by atoms with Crippen LogP contribution in [0.5, 0.6) is 0 Å². The zero-order chi connectivity index (χ0) is 20.3. The second-order valence-corrected chi connectivity index (χ2v) is 7.91. The highest BCUT2D eigenvalue weighted by Crippen LogP contribution is 2.24. The normalized spacial score (nSPS) is 18.9. The van der Waals surface area contributed by atoms with Gasteiger partial charge in [-0.15, -0.1) is 0 Å². The van der Waals surface area contributed by atoms with E-state index in [2.05, 4.69) is 15.3 Å². The molecular formula is C22H26N6O2. The summed E-state index contributed by atoms with van der Waals surface area (Å²) in [4.78, 5) is 19.5. The van der Waals surface area contributed by atoms with Crippen molar-refractivity contribution < 1.29 is 9.53 Å². The van der Waals surface area contributed by atoms with E-state index in [4.69, 9.17) is 9.72 Å². The third-order valence-electron chi connectivity index (χ3n) is 5.98. The molecule has 0 unspecified atom stereocenters. The fourth-order valence-corrected chi connectivity index (χ4v) is 4.34. The fraction of sp³-hybridized carbons (Fsp3) is 0.455. The number of nitrogens with one attached hydrogen (secondary N) is 1. The predicted octanol–water partition coefficient (Wildman–Crippen LogP) is 2.54. The van der Waals surface area contributed by atoms with E-state index in [9.17, 15) is 4.79 Å². The lowest BCUT2D eigenvalue weighted by molar-refractivity contribution is -0.139. The summed E-state index contributed by atoms with van der Waals surface area (Å²) in [7, 11) is 0. The Labute approximate surface area is 175 Å². The van der Waals surface area contributed by atoms with E-state index in [1.165, 1.54) is 24.1 Å². The van der Waals surface area contributed by atoms with Gasteiger partial charge in [-0.1, -0.05) is 6.07 Å². The van der Waals surface area contributed by atoms with Crippen molar-refractivity contribution in [2.75, 3.05) is 19.7 Å². The van der Waals surface area contributed by atoms with Crippen LogP contribution in [-0.2, 0) is 28.9 Å². The van der Waals surface area contributed by atoms with Gasteiger partial charge in [0, 0.05) is 31.4 Å². The molecule has 156 valence electrons. The van der Waals surface area contributed by atoms with Crippen LogP contribution in [0.3, 0.4) is 0 Å². The van der Waals surface area contributed by atoms with Gasteiger partial charge in [0.2, 0.25) is 5.91 Å². The van der Waals surface area contributed by atoms with Crippen molar-refractivity contribution in [2.45, 2.75) is 44.8 Å². The van der Waals surface area contributed by atoms with Gasteiger partial charge < -0.3 is 9.64 Å². The molecule has 4 heterocycles. The van der Waals surface area contributed by atoms with E-state index >= 15 is 0 Å². The molecule has 0 aromatic carbocycles. The number of H-pyrrole nitrogens is 1. The molecule has 3 aromatic rings. The molecule has 1 N–H and O–H groups in total. The van der Waals surface area contributed by atoms with E-state index in [0.29, 0.717) is 32.7 Å². The average molecular weight is 406 g/mol. The first kappa shape index (κ1) is 19.0. The van der Waals surface area contributed by atoms with Crippen molar-refractivity contribution in [3.8, 4) is 11.4 Å². The lowest BCUT2D eigenvalue weighted by Gasteiger charge is -2.33. The van der Waals surface area contributed by atoms with E-state index < -0.39 is 0 Å². The van der Waals surface area contributed by atoms with E-state index in [-0.39, 0.29) is 12.0 Å². The largest absolute Gasteiger partial charge is 0.368 e. The number of amides is 1. The summed E-state index contributed by atoms with van der Waals surface area (Å²) in [5.41, 5.74) is 5.18. The Hall–Kier alpha value is -3.00. The predicted molar refractivity (Wildman–Crippen MR) is 111 cm³/mol. The van der Waals surface area contributed by atoms with Crippen molar-refractivity contribution in [1.29, 1.82) is 0 Å². The maximum absolute atomic E-state index is 12.9. The molecule has 8 heteroatoms. The van der Waals surface area contributed by atoms with Gasteiger partial charge in [0.25, 0.3) is 0 Å². The molecular weight excluding hydrogens is 380 g/mol. The number of hydrogen-bond acceptors (Lipinski definition) is 5. The molecule has 1 atom stereocenters. The Morgan fingerprint density at radius 2 is 2.17 bits per heavy atom. The molecule has 0 spiro atoms. The number of morpholine rings is 1. The number of ether oxygens (including phenoxy) is 1. The molecule has 0 radical (unpaired) electrons. The standard InChI is InChI=1S/C22H26N6O2/c29-22(9-11-28-20-7-2-1-4-16(20)14-24-28)27-12-13-30-21(15-27)19-6-3-5-17(25-19)18-8-10-23-26-18/h3,5-6,8,10,14,21H,1-2,4,7,9,11-13,15H2,(H,23,26)/t21-/m1/s1. The molecule has 0 bridgehead atoms.